The Morgan fingerprint density at radius 3 is 2.72 bits per heavy atom. The number of aryl methyl sites for hydroxylation is 2. The van der Waals surface area contributed by atoms with E-state index in [9.17, 15) is 9.59 Å². The van der Waals surface area contributed by atoms with Gasteiger partial charge in [0, 0.05) is 18.9 Å². The molecule has 18 heavy (non-hydrogen) atoms. The van der Waals surface area contributed by atoms with Crippen molar-refractivity contribution in [2.45, 2.75) is 38.6 Å². The van der Waals surface area contributed by atoms with Crippen LogP contribution in [0.2, 0.25) is 0 Å². The zero-order valence-electron chi connectivity index (χ0n) is 10.1. The normalized spacial score (nSPS) is 14.5. The van der Waals surface area contributed by atoms with Crippen LogP contribution in [-0.4, -0.2) is 44.6 Å². The van der Waals surface area contributed by atoms with Crippen LogP contribution in [0.25, 0.3) is 0 Å². The summed E-state index contributed by atoms with van der Waals surface area (Å²) in [6, 6.07) is 0.0954. The first-order chi connectivity index (χ1) is 8.56. The molecule has 7 nitrogen and oxygen atoms in total. The fraction of sp³-hybridized carbons (Fsp3) is 0.636. The molecular weight excluding hydrogens is 238 g/mol. The summed E-state index contributed by atoms with van der Waals surface area (Å²) in [5, 5.41) is 12.4. The van der Waals surface area contributed by atoms with E-state index in [1.165, 1.54) is 4.90 Å². The summed E-state index contributed by atoms with van der Waals surface area (Å²) < 4.78 is 4.90. The molecule has 1 saturated carbocycles. The zero-order valence-corrected chi connectivity index (χ0v) is 10.1. The Balaban J connectivity index is 1.87. The number of aromatic nitrogens is 2. The van der Waals surface area contributed by atoms with Gasteiger partial charge in [-0.05, 0) is 19.8 Å². The number of aliphatic carboxylic acids is 1. The maximum absolute atomic E-state index is 11.9. The smallest absolute Gasteiger partial charge is 0.323 e. The van der Waals surface area contributed by atoms with Crippen molar-refractivity contribution in [1.82, 2.24) is 15.0 Å². The molecule has 0 saturated heterocycles. The second-order valence-corrected chi connectivity index (χ2v) is 4.38. The summed E-state index contributed by atoms with van der Waals surface area (Å²) in [6.45, 7) is 1.47. The molecule has 0 unspecified atom stereocenters. The molecule has 98 valence electrons. The van der Waals surface area contributed by atoms with E-state index in [2.05, 4.69) is 10.1 Å². The minimum absolute atomic E-state index is 0.0954. The van der Waals surface area contributed by atoms with Crippen molar-refractivity contribution in [1.29, 1.82) is 0 Å². The van der Waals surface area contributed by atoms with Gasteiger partial charge in [-0.1, -0.05) is 5.16 Å². The van der Waals surface area contributed by atoms with Crippen LogP contribution in [0.15, 0.2) is 4.52 Å². The number of amides is 1. The molecule has 0 bridgehead atoms. The first-order valence-corrected chi connectivity index (χ1v) is 5.86. The van der Waals surface area contributed by atoms with Crippen LogP contribution in [-0.2, 0) is 16.0 Å². The van der Waals surface area contributed by atoms with Crippen LogP contribution in [0.5, 0.6) is 0 Å². The predicted molar refractivity (Wildman–Crippen MR) is 59.7 cm³/mol. The lowest BCUT2D eigenvalue weighted by molar-refractivity contribution is -0.144. The van der Waals surface area contributed by atoms with E-state index >= 15 is 0 Å². The van der Waals surface area contributed by atoms with Crippen LogP contribution >= 0.6 is 0 Å². The molecule has 1 aliphatic rings. The molecular formula is C11H15N3O4. The highest BCUT2D eigenvalue weighted by Crippen LogP contribution is 2.27. The quantitative estimate of drug-likeness (QED) is 0.787. The number of carboxylic acids is 1. The lowest BCUT2D eigenvalue weighted by Crippen LogP contribution is -2.37. The van der Waals surface area contributed by atoms with Crippen molar-refractivity contribution >= 4 is 11.9 Å². The molecule has 0 radical (unpaired) electrons. The maximum atomic E-state index is 11.9. The Labute approximate surface area is 104 Å². The third-order valence-corrected chi connectivity index (χ3v) is 2.74. The number of nitrogens with zero attached hydrogens (tertiary/aromatic N) is 3. The van der Waals surface area contributed by atoms with E-state index in [0.717, 1.165) is 12.8 Å². The van der Waals surface area contributed by atoms with Crippen LogP contribution < -0.4 is 0 Å². The number of rotatable bonds is 6. The summed E-state index contributed by atoms with van der Waals surface area (Å²) >= 11 is 0. The molecule has 1 aromatic rings. The fourth-order valence-electron chi connectivity index (χ4n) is 1.75. The second kappa shape index (κ2) is 5.16. The van der Waals surface area contributed by atoms with E-state index in [4.69, 9.17) is 9.63 Å². The molecule has 1 amide bonds. The SMILES string of the molecule is Cc1noc(CCC(=O)N(CC(=O)O)C2CC2)n1. The molecule has 1 heterocycles. The van der Waals surface area contributed by atoms with E-state index in [-0.39, 0.29) is 24.9 Å². The minimum Gasteiger partial charge on any atom is -0.480 e. The first-order valence-electron chi connectivity index (χ1n) is 5.86. The van der Waals surface area contributed by atoms with E-state index in [1.807, 2.05) is 0 Å². The van der Waals surface area contributed by atoms with Crippen LogP contribution in [0.1, 0.15) is 31.0 Å². The standard InChI is InChI=1S/C11H15N3O4/c1-7-12-9(18-13-7)4-5-10(15)14(6-11(16)17)8-2-3-8/h8H,2-6H2,1H3,(H,16,17). The Bertz CT molecular complexity index is 453. The van der Waals surface area contributed by atoms with Gasteiger partial charge in [0.25, 0.3) is 0 Å². The van der Waals surface area contributed by atoms with E-state index < -0.39 is 5.97 Å². The summed E-state index contributed by atoms with van der Waals surface area (Å²) in [4.78, 5) is 28.0. The zero-order chi connectivity index (χ0) is 13.1. The summed E-state index contributed by atoms with van der Waals surface area (Å²) in [7, 11) is 0. The molecule has 0 spiro atoms. The molecule has 0 atom stereocenters. The molecule has 7 heteroatoms. The molecule has 2 rings (SSSR count). The lowest BCUT2D eigenvalue weighted by atomic mass is 10.2. The van der Waals surface area contributed by atoms with Gasteiger partial charge in [0.05, 0.1) is 0 Å². The molecule has 1 aromatic heterocycles. The van der Waals surface area contributed by atoms with Crippen molar-refractivity contribution in [3.8, 4) is 0 Å². The topological polar surface area (TPSA) is 96.5 Å². The van der Waals surface area contributed by atoms with Crippen LogP contribution in [0, 0.1) is 6.92 Å². The van der Waals surface area contributed by atoms with Gasteiger partial charge in [0.15, 0.2) is 5.82 Å². The first kappa shape index (κ1) is 12.5. The molecule has 1 N–H and O–H groups in total. The molecule has 1 aliphatic carbocycles. The minimum atomic E-state index is -0.983. The largest absolute Gasteiger partial charge is 0.480 e. The molecule has 0 aliphatic heterocycles. The van der Waals surface area contributed by atoms with Crippen molar-refractivity contribution in [2.75, 3.05) is 6.54 Å². The highest BCUT2D eigenvalue weighted by atomic mass is 16.5. The van der Waals surface area contributed by atoms with Gasteiger partial charge in [-0.15, -0.1) is 0 Å². The van der Waals surface area contributed by atoms with Crippen molar-refractivity contribution in [3.63, 3.8) is 0 Å². The van der Waals surface area contributed by atoms with Gasteiger partial charge >= 0.3 is 5.97 Å². The van der Waals surface area contributed by atoms with Gasteiger partial charge < -0.3 is 14.5 Å². The van der Waals surface area contributed by atoms with Gasteiger partial charge in [0.1, 0.15) is 6.54 Å². The highest BCUT2D eigenvalue weighted by Gasteiger charge is 2.33. The average molecular weight is 253 g/mol. The lowest BCUT2D eigenvalue weighted by Gasteiger charge is -2.19. The Kier molecular flexibility index (Phi) is 3.59. The summed E-state index contributed by atoms with van der Waals surface area (Å²) in [5.74, 6) is -0.214. The van der Waals surface area contributed by atoms with Crippen molar-refractivity contribution in [3.05, 3.63) is 11.7 Å². The Hall–Kier alpha value is -1.92. The number of carboxylic acid groups (broad SMARTS) is 1. The Morgan fingerprint density at radius 1 is 1.50 bits per heavy atom. The average Bonchev–Trinajstić information content (AvgIpc) is 3.06. The molecule has 0 aromatic carbocycles. The predicted octanol–water partition coefficient (Wildman–Crippen LogP) is 0.386. The van der Waals surface area contributed by atoms with E-state index in [1.54, 1.807) is 6.92 Å². The van der Waals surface area contributed by atoms with Gasteiger partial charge in [-0.2, -0.15) is 4.98 Å². The molecule has 1 fully saturated rings. The maximum Gasteiger partial charge on any atom is 0.323 e. The van der Waals surface area contributed by atoms with Crippen molar-refractivity contribution in [2.24, 2.45) is 0 Å². The number of carbonyl (C=O) groups excluding carboxylic acids is 1. The Morgan fingerprint density at radius 2 is 2.22 bits per heavy atom. The van der Waals surface area contributed by atoms with E-state index in [0.29, 0.717) is 18.1 Å². The monoisotopic (exact) mass is 253 g/mol. The van der Waals surface area contributed by atoms with Crippen LogP contribution in [0.4, 0.5) is 0 Å². The highest BCUT2D eigenvalue weighted by molar-refractivity contribution is 5.82. The number of hydrogen-bond donors (Lipinski definition) is 1. The van der Waals surface area contributed by atoms with Crippen molar-refractivity contribution < 1.29 is 19.2 Å². The third kappa shape index (κ3) is 3.28. The van der Waals surface area contributed by atoms with Crippen LogP contribution in [0.3, 0.4) is 0 Å². The van der Waals surface area contributed by atoms with Gasteiger partial charge in [-0.3, -0.25) is 9.59 Å². The summed E-state index contributed by atoms with van der Waals surface area (Å²) in [6.07, 6.45) is 2.32. The third-order valence-electron chi connectivity index (χ3n) is 2.74. The van der Waals surface area contributed by atoms with Gasteiger partial charge in [-0.25, -0.2) is 0 Å². The number of hydrogen-bond acceptors (Lipinski definition) is 5. The second-order valence-electron chi connectivity index (χ2n) is 4.38. The fourth-order valence-corrected chi connectivity index (χ4v) is 1.75. The number of carbonyl (C=O) groups is 2. The summed E-state index contributed by atoms with van der Waals surface area (Å²) in [5.41, 5.74) is 0. The van der Waals surface area contributed by atoms with Gasteiger partial charge in [0.2, 0.25) is 11.8 Å².